The van der Waals surface area contributed by atoms with E-state index in [9.17, 15) is 0 Å². The van der Waals surface area contributed by atoms with Gasteiger partial charge in [0.25, 0.3) is 0 Å². The Kier molecular flexibility index (Phi) is 7.82. The second kappa shape index (κ2) is 13.8. The number of hydrogen-bond acceptors (Lipinski definition) is 4. The van der Waals surface area contributed by atoms with Gasteiger partial charge in [-0.05, 0) is 112 Å². The van der Waals surface area contributed by atoms with Crippen molar-refractivity contribution in [1.29, 1.82) is 0 Å². The largest absolute Gasteiger partial charge is 0.456 e. The molecule has 60 heavy (non-hydrogen) atoms. The Morgan fingerprint density at radius 1 is 0.317 bits per heavy atom. The summed E-state index contributed by atoms with van der Waals surface area (Å²) >= 11 is 0. The Morgan fingerprint density at radius 3 is 1.77 bits per heavy atom. The van der Waals surface area contributed by atoms with Crippen LogP contribution in [0.15, 0.2) is 223 Å². The first-order chi connectivity index (χ1) is 29.7. The van der Waals surface area contributed by atoms with Crippen molar-refractivity contribution in [2.75, 3.05) is 9.80 Å². The molecule has 0 spiro atoms. The lowest BCUT2D eigenvalue weighted by molar-refractivity contribution is 0.487. The third-order valence-electron chi connectivity index (χ3n) is 11.8. The fraction of sp³-hybridized carbons (Fsp3) is 0. The standard InChI is InChI=1S/C56H36N2O2/c1-4-15-37(16-5-1)44-21-10-12-24-51(44)58(43-30-31-46-45-22-11-13-25-52(45)59-54(46)36-43)41-28-27-38-33-50-47-32-29-42(57(39-17-6-2-7-18-39)40-19-8-3-9-20-40)35-55(47)60-53-26-14-23-48(56(50)53)49(38)34-41/h1-36H. The predicted octanol–water partition coefficient (Wildman–Crippen LogP) is 16.3. The van der Waals surface area contributed by atoms with Gasteiger partial charge in [-0.25, -0.2) is 0 Å². The quantitative estimate of drug-likeness (QED) is 0.151. The normalized spacial score (nSPS) is 11.8. The van der Waals surface area contributed by atoms with Gasteiger partial charge in [0.05, 0.1) is 5.69 Å². The summed E-state index contributed by atoms with van der Waals surface area (Å²) in [5.74, 6) is 1.69. The minimum atomic E-state index is 0.838. The van der Waals surface area contributed by atoms with E-state index in [0.717, 1.165) is 106 Å². The van der Waals surface area contributed by atoms with E-state index in [0.29, 0.717) is 0 Å². The molecular weight excluding hydrogens is 733 g/mol. The van der Waals surface area contributed by atoms with Gasteiger partial charge in [0.1, 0.15) is 22.7 Å². The van der Waals surface area contributed by atoms with Crippen LogP contribution in [0.2, 0.25) is 0 Å². The fourth-order valence-electron chi connectivity index (χ4n) is 9.09. The lowest BCUT2D eigenvalue weighted by Gasteiger charge is -2.29. The van der Waals surface area contributed by atoms with Crippen LogP contribution in [-0.4, -0.2) is 0 Å². The zero-order chi connectivity index (χ0) is 39.6. The van der Waals surface area contributed by atoms with Crippen molar-refractivity contribution in [2.24, 2.45) is 0 Å². The molecule has 0 bridgehead atoms. The first kappa shape index (κ1) is 34.0. The highest BCUT2D eigenvalue weighted by Gasteiger charge is 2.25. The molecule has 4 heteroatoms. The molecule has 10 aromatic carbocycles. The minimum absolute atomic E-state index is 0.838. The molecule has 0 radical (unpaired) electrons. The molecule has 4 nitrogen and oxygen atoms in total. The second-order valence-electron chi connectivity index (χ2n) is 15.3. The number of furan rings is 1. The molecule has 11 aromatic rings. The van der Waals surface area contributed by atoms with E-state index in [1.807, 2.05) is 12.1 Å². The molecule has 12 rings (SSSR count). The Bertz CT molecular complexity index is 3370. The minimum Gasteiger partial charge on any atom is -0.456 e. The molecule has 0 aliphatic carbocycles. The average molecular weight is 769 g/mol. The molecule has 282 valence electrons. The molecule has 0 saturated carbocycles. The molecule has 2 heterocycles. The summed E-state index contributed by atoms with van der Waals surface area (Å²) < 4.78 is 13.3. The molecule has 0 N–H and O–H groups in total. The molecular formula is C56H36N2O2. The summed E-state index contributed by atoms with van der Waals surface area (Å²) in [5, 5.41) is 6.80. The third-order valence-corrected chi connectivity index (χ3v) is 11.8. The number of nitrogens with zero attached hydrogens (tertiary/aromatic N) is 2. The highest BCUT2D eigenvalue weighted by Crippen LogP contribution is 2.52. The number of ether oxygens (including phenoxy) is 1. The number of rotatable bonds is 7. The van der Waals surface area contributed by atoms with Crippen molar-refractivity contribution in [1.82, 2.24) is 0 Å². The molecule has 1 aliphatic rings. The molecule has 1 aliphatic heterocycles. The fourth-order valence-corrected chi connectivity index (χ4v) is 9.09. The van der Waals surface area contributed by atoms with Crippen LogP contribution in [0.5, 0.6) is 11.5 Å². The summed E-state index contributed by atoms with van der Waals surface area (Å²) in [6, 6.07) is 77.3. The smallest absolute Gasteiger partial charge is 0.137 e. The summed E-state index contributed by atoms with van der Waals surface area (Å²) in [6.07, 6.45) is 0. The molecule has 0 amide bonds. The monoisotopic (exact) mass is 768 g/mol. The van der Waals surface area contributed by atoms with Crippen molar-refractivity contribution in [3.05, 3.63) is 218 Å². The van der Waals surface area contributed by atoms with Crippen molar-refractivity contribution in [2.45, 2.75) is 0 Å². The van der Waals surface area contributed by atoms with Gasteiger partial charge in [0, 0.05) is 67.9 Å². The van der Waals surface area contributed by atoms with Crippen molar-refractivity contribution < 1.29 is 9.15 Å². The highest BCUT2D eigenvalue weighted by atomic mass is 16.5. The predicted molar refractivity (Wildman–Crippen MR) is 249 cm³/mol. The Balaban J connectivity index is 1.03. The number of hydrogen-bond donors (Lipinski definition) is 0. The zero-order valence-electron chi connectivity index (χ0n) is 32.5. The first-order valence-corrected chi connectivity index (χ1v) is 20.3. The van der Waals surface area contributed by atoms with Crippen LogP contribution >= 0.6 is 0 Å². The second-order valence-corrected chi connectivity index (χ2v) is 15.3. The van der Waals surface area contributed by atoms with Crippen LogP contribution in [0, 0.1) is 0 Å². The zero-order valence-corrected chi connectivity index (χ0v) is 32.5. The summed E-state index contributed by atoms with van der Waals surface area (Å²) in [7, 11) is 0. The maximum Gasteiger partial charge on any atom is 0.137 e. The van der Waals surface area contributed by atoms with Crippen molar-refractivity contribution >= 4 is 77.6 Å². The van der Waals surface area contributed by atoms with E-state index in [4.69, 9.17) is 9.15 Å². The van der Waals surface area contributed by atoms with Gasteiger partial charge < -0.3 is 19.0 Å². The topological polar surface area (TPSA) is 28.9 Å². The lowest BCUT2D eigenvalue weighted by atomic mass is 9.90. The molecule has 0 unspecified atom stereocenters. The number of fused-ring (bicyclic) bond motifs is 7. The van der Waals surface area contributed by atoms with Gasteiger partial charge in [-0.1, -0.05) is 121 Å². The highest BCUT2D eigenvalue weighted by molar-refractivity contribution is 6.18. The molecule has 0 atom stereocenters. The number of para-hydroxylation sites is 4. The van der Waals surface area contributed by atoms with E-state index in [2.05, 4.69) is 216 Å². The maximum atomic E-state index is 6.86. The molecule has 1 aromatic heterocycles. The SMILES string of the molecule is c1ccc(-c2ccccc2N(c2ccc3c(c2)oc2ccccc23)c2ccc3cc4c5c(cccc5c3c2)Oc2cc(N(c3ccccc3)c3ccccc3)ccc2-4)cc1. The Hall–Kier alpha value is -8.08. The average Bonchev–Trinajstić information content (AvgIpc) is 3.68. The van der Waals surface area contributed by atoms with Gasteiger partial charge in [-0.2, -0.15) is 0 Å². The van der Waals surface area contributed by atoms with Crippen LogP contribution in [-0.2, 0) is 0 Å². The van der Waals surface area contributed by atoms with E-state index in [-0.39, 0.29) is 0 Å². The molecule has 0 fully saturated rings. The van der Waals surface area contributed by atoms with Gasteiger partial charge in [0.15, 0.2) is 0 Å². The van der Waals surface area contributed by atoms with Gasteiger partial charge >= 0.3 is 0 Å². The number of benzene rings is 10. The lowest BCUT2D eigenvalue weighted by Crippen LogP contribution is -2.11. The van der Waals surface area contributed by atoms with Crippen molar-refractivity contribution in [3.8, 4) is 33.8 Å². The Labute approximate surface area is 347 Å². The third kappa shape index (κ3) is 5.53. The van der Waals surface area contributed by atoms with Crippen LogP contribution in [0.25, 0.3) is 65.7 Å². The summed E-state index contributed by atoms with van der Waals surface area (Å²) in [4.78, 5) is 4.64. The molecule has 0 saturated heterocycles. The van der Waals surface area contributed by atoms with Crippen LogP contribution < -0.4 is 14.5 Å². The Morgan fingerprint density at radius 2 is 0.950 bits per heavy atom. The van der Waals surface area contributed by atoms with Gasteiger partial charge in [-0.15, -0.1) is 0 Å². The van der Waals surface area contributed by atoms with E-state index < -0.39 is 0 Å². The van der Waals surface area contributed by atoms with Crippen LogP contribution in [0.3, 0.4) is 0 Å². The number of anilines is 6. The van der Waals surface area contributed by atoms with Crippen LogP contribution in [0.1, 0.15) is 0 Å². The summed E-state index contributed by atoms with van der Waals surface area (Å²) in [5.41, 5.74) is 12.6. The maximum absolute atomic E-state index is 6.86. The van der Waals surface area contributed by atoms with Crippen LogP contribution in [0.4, 0.5) is 34.1 Å². The van der Waals surface area contributed by atoms with E-state index in [1.54, 1.807) is 0 Å². The van der Waals surface area contributed by atoms with Gasteiger partial charge in [-0.3, -0.25) is 0 Å². The van der Waals surface area contributed by atoms with E-state index in [1.165, 1.54) is 5.56 Å². The summed E-state index contributed by atoms with van der Waals surface area (Å²) in [6.45, 7) is 0. The first-order valence-electron chi connectivity index (χ1n) is 20.3. The van der Waals surface area contributed by atoms with E-state index >= 15 is 0 Å². The van der Waals surface area contributed by atoms with Gasteiger partial charge in [0.2, 0.25) is 0 Å². The van der Waals surface area contributed by atoms with Crippen molar-refractivity contribution in [3.63, 3.8) is 0 Å².